The van der Waals surface area contributed by atoms with Gasteiger partial charge in [0.2, 0.25) is 0 Å². The molecule has 0 aliphatic rings. The number of aryl methyl sites for hydroxylation is 1. The summed E-state index contributed by atoms with van der Waals surface area (Å²) in [5.74, 6) is 0. The zero-order valence-electron chi connectivity index (χ0n) is 11.1. The van der Waals surface area contributed by atoms with Gasteiger partial charge in [0, 0.05) is 25.3 Å². The third-order valence-corrected chi connectivity index (χ3v) is 3.35. The summed E-state index contributed by atoms with van der Waals surface area (Å²) in [6.07, 6.45) is 0. The largest absolute Gasteiger partial charge is 0.374 e. The van der Waals surface area contributed by atoms with Gasteiger partial charge in [0.05, 0.1) is 0 Å². The number of hydrogen-bond donors (Lipinski definition) is 1. The molecule has 1 aromatic carbocycles. The molecule has 0 radical (unpaired) electrons. The lowest BCUT2D eigenvalue weighted by Gasteiger charge is -2.34. The van der Waals surface area contributed by atoms with Crippen LogP contribution in [0.5, 0.6) is 0 Å². The van der Waals surface area contributed by atoms with E-state index in [1.165, 1.54) is 11.3 Å². The highest BCUT2D eigenvalue weighted by atomic mass is 15.1. The van der Waals surface area contributed by atoms with Crippen LogP contribution < -0.4 is 10.6 Å². The summed E-state index contributed by atoms with van der Waals surface area (Å²) in [7, 11) is 2.12. The van der Waals surface area contributed by atoms with E-state index in [0.29, 0.717) is 0 Å². The van der Waals surface area contributed by atoms with Crippen LogP contribution in [0.3, 0.4) is 0 Å². The summed E-state index contributed by atoms with van der Waals surface area (Å²) >= 11 is 0. The molecule has 0 aromatic heterocycles. The first-order valence-electron chi connectivity index (χ1n) is 5.86. The molecule has 1 unspecified atom stereocenters. The van der Waals surface area contributed by atoms with Gasteiger partial charge in [0.15, 0.2) is 0 Å². The molecule has 0 heterocycles. The number of nitrogens with zero attached hydrogens (tertiary/aromatic N) is 1. The summed E-state index contributed by atoms with van der Waals surface area (Å²) < 4.78 is 0. The van der Waals surface area contributed by atoms with Crippen molar-refractivity contribution < 1.29 is 0 Å². The van der Waals surface area contributed by atoms with Gasteiger partial charge in [0.1, 0.15) is 0 Å². The molecule has 0 aliphatic carbocycles. The van der Waals surface area contributed by atoms with Crippen molar-refractivity contribution in [2.24, 2.45) is 11.1 Å². The van der Waals surface area contributed by atoms with Crippen LogP contribution >= 0.6 is 0 Å². The molecule has 1 rings (SSSR count). The van der Waals surface area contributed by atoms with E-state index in [1.54, 1.807) is 0 Å². The molecule has 16 heavy (non-hydrogen) atoms. The van der Waals surface area contributed by atoms with E-state index < -0.39 is 0 Å². The van der Waals surface area contributed by atoms with Gasteiger partial charge in [-0.1, -0.05) is 31.5 Å². The molecule has 0 saturated heterocycles. The minimum Gasteiger partial charge on any atom is -0.374 e. The molecule has 90 valence electrons. The highest BCUT2D eigenvalue weighted by molar-refractivity contribution is 5.46. The maximum atomic E-state index is 5.99. The molecule has 1 aromatic rings. The second-order valence-electron chi connectivity index (χ2n) is 5.47. The number of hydrogen-bond acceptors (Lipinski definition) is 2. The quantitative estimate of drug-likeness (QED) is 0.845. The molecule has 0 bridgehead atoms. The lowest BCUT2D eigenvalue weighted by Crippen LogP contribution is -2.43. The number of anilines is 1. The molecule has 1 atom stereocenters. The fourth-order valence-corrected chi connectivity index (χ4v) is 1.65. The molecule has 2 heteroatoms. The average Bonchev–Trinajstić information content (AvgIpc) is 2.17. The fourth-order valence-electron chi connectivity index (χ4n) is 1.65. The van der Waals surface area contributed by atoms with Crippen LogP contribution in [0.4, 0.5) is 5.69 Å². The average molecular weight is 220 g/mol. The van der Waals surface area contributed by atoms with Gasteiger partial charge in [-0.15, -0.1) is 0 Å². The first-order valence-corrected chi connectivity index (χ1v) is 5.86. The summed E-state index contributed by atoms with van der Waals surface area (Å²) in [6, 6.07) is 8.80. The Morgan fingerprint density at radius 3 is 2.19 bits per heavy atom. The molecule has 0 fully saturated rings. The third kappa shape index (κ3) is 3.24. The Labute approximate surface area is 99.5 Å². The Hall–Kier alpha value is -1.02. The maximum absolute atomic E-state index is 5.99. The van der Waals surface area contributed by atoms with Gasteiger partial charge in [-0.3, -0.25) is 0 Å². The lowest BCUT2D eigenvalue weighted by atomic mass is 9.85. The van der Waals surface area contributed by atoms with Crippen molar-refractivity contribution in [1.82, 2.24) is 0 Å². The molecule has 0 spiro atoms. The lowest BCUT2D eigenvalue weighted by molar-refractivity contribution is 0.308. The Bertz CT molecular complexity index is 325. The Kier molecular flexibility index (Phi) is 3.98. The summed E-state index contributed by atoms with van der Waals surface area (Å²) in [4.78, 5) is 2.27. The molecule has 0 aliphatic heterocycles. The predicted molar refractivity (Wildman–Crippen MR) is 71.9 cm³/mol. The standard InChI is InChI=1S/C14H24N2/c1-11-6-8-13(9-7-11)16(5)10-14(3,4)12(2)15/h6-9,12H,10,15H2,1-5H3. The normalized spacial score (nSPS) is 13.6. The summed E-state index contributed by atoms with van der Waals surface area (Å²) in [6.45, 7) is 9.57. The highest BCUT2D eigenvalue weighted by Gasteiger charge is 2.24. The van der Waals surface area contributed by atoms with Crippen LogP contribution in [0.2, 0.25) is 0 Å². The van der Waals surface area contributed by atoms with Gasteiger partial charge < -0.3 is 10.6 Å². The van der Waals surface area contributed by atoms with Crippen LogP contribution in [0.1, 0.15) is 26.3 Å². The van der Waals surface area contributed by atoms with Crippen LogP contribution in [0.25, 0.3) is 0 Å². The van der Waals surface area contributed by atoms with Crippen LogP contribution in [-0.4, -0.2) is 19.6 Å². The molecule has 2 nitrogen and oxygen atoms in total. The molecular weight excluding hydrogens is 196 g/mol. The number of nitrogens with two attached hydrogens (primary N) is 1. The van der Waals surface area contributed by atoms with E-state index >= 15 is 0 Å². The van der Waals surface area contributed by atoms with Crippen molar-refractivity contribution in [2.75, 3.05) is 18.5 Å². The highest BCUT2D eigenvalue weighted by Crippen LogP contribution is 2.23. The summed E-state index contributed by atoms with van der Waals surface area (Å²) in [5, 5.41) is 0. The van der Waals surface area contributed by atoms with Crippen LogP contribution in [-0.2, 0) is 0 Å². The van der Waals surface area contributed by atoms with Crippen molar-refractivity contribution >= 4 is 5.69 Å². The predicted octanol–water partition coefficient (Wildman–Crippen LogP) is 2.80. The zero-order chi connectivity index (χ0) is 12.3. The van der Waals surface area contributed by atoms with Crippen molar-refractivity contribution in [1.29, 1.82) is 0 Å². The van der Waals surface area contributed by atoms with Crippen molar-refractivity contribution in [3.05, 3.63) is 29.8 Å². The summed E-state index contributed by atoms with van der Waals surface area (Å²) in [5.41, 5.74) is 8.66. The zero-order valence-corrected chi connectivity index (χ0v) is 11.1. The fraction of sp³-hybridized carbons (Fsp3) is 0.571. The van der Waals surface area contributed by atoms with Crippen molar-refractivity contribution in [2.45, 2.75) is 33.7 Å². The molecular formula is C14H24N2. The van der Waals surface area contributed by atoms with Gasteiger partial charge in [-0.2, -0.15) is 0 Å². The SMILES string of the molecule is Cc1ccc(N(C)CC(C)(C)C(C)N)cc1. The van der Waals surface area contributed by atoms with E-state index in [1.807, 2.05) is 0 Å². The van der Waals surface area contributed by atoms with E-state index in [4.69, 9.17) is 5.73 Å². The molecule has 2 N–H and O–H groups in total. The van der Waals surface area contributed by atoms with Crippen molar-refractivity contribution in [3.63, 3.8) is 0 Å². The Morgan fingerprint density at radius 2 is 1.75 bits per heavy atom. The van der Waals surface area contributed by atoms with Crippen LogP contribution in [0, 0.1) is 12.3 Å². The first kappa shape index (κ1) is 13.0. The maximum Gasteiger partial charge on any atom is 0.0363 e. The van der Waals surface area contributed by atoms with Gasteiger partial charge >= 0.3 is 0 Å². The topological polar surface area (TPSA) is 29.3 Å². The van der Waals surface area contributed by atoms with Gasteiger partial charge in [0.25, 0.3) is 0 Å². The number of rotatable bonds is 4. The van der Waals surface area contributed by atoms with E-state index in [0.717, 1.165) is 6.54 Å². The van der Waals surface area contributed by atoms with Crippen LogP contribution in [0.15, 0.2) is 24.3 Å². The first-order chi connectivity index (χ1) is 7.33. The van der Waals surface area contributed by atoms with Gasteiger partial charge in [-0.25, -0.2) is 0 Å². The molecule has 0 saturated carbocycles. The Balaban J connectivity index is 2.72. The minimum atomic E-state index is 0.125. The third-order valence-electron chi connectivity index (χ3n) is 3.35. The monoisotopic (exact) mass is 220 g/mol. The van der Waals surface area contributed by atoms with E-state index in [9.17, 15) is 0 Å². The minimum absolute atomic E-state index is 0.125. The second-order valence-corrected chi connectivity index (χ2v) is 5.47. The van der Waals surface area contributed by atoms with E-state index in [-0.39, 0.29) is 11.5 Å². The molecule has 0 amide bonds. The Morgan fingerprint density at radius 1 is 1.25 bits per heavy atom. The van der Waals surface area contributed by atoms with Gasteiger partial charge in [-0.05, 0) is 31.4 Å². The second kappa shape index (κ2) is 4.88. The number of benzene rings is 1. The van der Waals surface area contributed by atoms with Crippen molar-refractivity contribution in [3.8, 4) is 0 Å². The smallest absolute Gasteiger partial charge is 0.0363 e. The van der Waals surface area contributed by atoms with E-state index in [2.05, 4.69) is 63.9 Å².